The molecule has 25 heavy (non-hydrogen) atoms. The normalized spacial score (nSPS) is 16.4. The van der Waals surface area contributed by atoms with E-state index in [0.29, 0.717) is 5.69 Å². The number of aromatic nitrogens is 5. The third-order valence-corrected chi connectivity index (χ3v) is 3.76. The molecule has 0 aliphatic carbocycles. The Morgan fingerprint density at radius 2 is 1.88 bits per heavy atom. The highest BCUT2D eigenvalue weighted by Gasteiger charge is 2.20. The third kappa shape index (κ3) is 2.88. The van der Waals surface area contributed by atoms with Crippen molar-refractivity contribution < 1.29 is 13.3 Å². The van der Waals surface area contributed by atoms with Crippen LogP contribution in [0.25, 0.3) is 28.2 Å². The summed E-state index contributed by atoms with van der Waals surface area (Å²) >= 11 is 0. The Balaban J connectivity index is 1.81. The summed E-state index contributed by atoms with van der Waals surface area (Å²) in [6, 6.07) is 11.3. The van der Waals surface area contributed by atoms with Gasteiger partial charge in [-0.1, -0.05) is 24.3 Å². The molecular formula is C19H17N5O. The van der Waals surface area contributed by atoms with Crippen LogP contribution in [0.5, 0.6) is 0 Å². The fourth-order valence-corrected chi connectivity index (χ4v) is 2.54. The maximum atomic E-state index is 10.6. The molecule has 124 valence electrons. The maximum Gasteiger partial charge on any atom is 0.251 e. The van der Waals surface area contributed by atoms with E-state index in [1.807, 2.05) is 36.4 Å². The highest BCUT2D eigenvalue weighted by Crippen LogP contribution is 2.26. The molecular weight excluding hydrogens is 314 g/mol. The van der Waals surface area contributed by atoms with E-state index >= 15 is 0 Å². The van der Waals surface area contributed by atoms with Crippen molar-refractivity contribution in [2.24, 2.45) is 0 Å². The van der Waals surface area contributed by atoms with E-state index in [0.717, 1.165) is 22.9 Å². The van der Waals surface area contributed by atoms with Crippen LogP contribution in [0.1, 0.15) is 27.6 Å². The van der Waals surface area contributed by atoms with Gasteiger partial charge in [-0.2, -0.15) is 9.61 Å². The van der Waals surface area contributed by atoms with Gasteiger partial charge in [-0.25, -0.2) is 9.97 Å². The summed E-state index contributed by atoms with van der Waals surface area (Å²) in [4.78, 5) is 12.3. The molecule has 0 amide bonds. The fraction of sp³-hybridized carbons (Fsp3) is 0.158. The van der Waals surface area contributed by atoms with Crippen molar-refractivity contribution in [3.05, 3.63) is 66.9 Å². The molecule has 0 atom stereocenters. The van der Waals surface area contributed by atoms with E-state index < -0.39 is 25.0 Å². The van der Waals surface area contributed by atoms with Crippen LogP contribution in [-0.2, 0) is 5.60 Å². The van der Waals surface area contributed by atoms with E-state index in [1.165, 1.54) is 10.7 Å². The van der Waals surface area contributed by atoms with Crippen LogP contribution in [0.15, 0.2) is 61.2 Å². The Morgan fingerprint density at radius 3 is 2.68 bits per heavy atom. The second-order valence-electron chi connectivity index (χ2n) is 5.53. The van der Waals surface area contributed by atoms with Gasteiger partial charge in [0.05, 0.1) is 23.8 Å². The molecule has 0 aliphatic heterocycles. The molecule has 0 bridgehead atoms. The predicted octanol–water partition coefficient (Wildman–Crippen LogP) is 3.08. The molecule has 1 aromatic carbocycles. The topological polar surface area (TPSA) is 76.2 Å². The molecule has 0 unspecified atom stereocenters. The van der Waals surface area contributed by atoms with Gasteiger partial charge in [-0.3, -0.25) is 4.98 Å². The number of pyridine rings is 1. The van der Waals surface area contributed by atoms with Crippen molar-refractivity contribution in [2.45, 2.75) is 19.3 Å². The van der Waals surface area contributed by atoms with Crippen LogP contribution < -0.4 is 0 Å². The highest BCUT2D eigenvalue weighted by atomic mass is 16.3. The number of hydrogen-bond acceptors (Lipinski definition) is 5. The number of imidazole rings is 1. The van der Waals surface area contributed by atoms with Crippen molar-refractivity contribution in [3.8, 4) is 22.4 Å². The molecule has 0 radical (unpaired) electrons. The second-order valence-corrected chi connectivity index (χ2v) is 5.53. The van der Waals surface area contributed by atoms with Gasteiger partial charge in [0.1, 0.15) is 5.60 Å². The van der Waals surface area contributed by atoms with Crippen molar-refractivity contribution >= 4 is 5.78 Å². The van der Waals surface area contributed by atoms with Crippen LogP contribution in [0.3, 0.4) is 0 Å². The number of rotatable bonds is 3. The maximum absolute atomic E-state index is 10.6. The lowest BCUT2D eigenvalue weighted by atomic mass is 10.0. The van der Waals surface area contributed by atoms with E-state index in [9.17, 15) is 5.11 Å². The number of hydrogen-bond donors (Lipinski definition) is 1. The monoisotopic (exact) mass is 337 g/mol. The van der Waals surface area contributed by atoms with Gasteiger partial charge < -0.3 is 5.11 Å². The largest absolute Gasteiger partial charge is 0.384 e. The minimum Gasteiger partial charge on any atom is -0.384 e. The molecule has 0 saturated carbocycles. The average molecular weight is 337 g/mol. The number of fused-ring (bicyclic) bond motifs is 1. The first-order chi connectivity index (χ1) is 14.5. The Hall–Kier alpha value is -3.12. The van der Waals surface area contributed by atoms with Crippen LogP contribution in [0, 0.1) is 0 Å². The van der Waals surface area contributed by atoms with Crippen LogP contribution in [0.2, 0.25) is 0 Å². The van der Waals surface area contributed by atoms with Crippen molar-refractivity contribution in [2.75, 3.05) is 0 Å². The molecule has 3 heterocycles. The summed E-state index contributed by atoms with van der Waals surface area (Å²) < 4.78 is 46.7. The van der Waals surface area contributed by atoms with Gasteiger partial charge in [0.15, 0.2) is 0 Å². The van der Waals surface area contributed by atoms with E-state index in [1.54, 1.807) is 12.4 Å². The number of benzene rings is 1. The van der Waals surface area contributed by atoms with E-state index in [-0.39, 0.29) is 5.78 Å². The number of nitrogens with zero attached hydrogens (tertiary/aromatic N) is 5. The van der Waals surface area contributed by atoms with Gasteiger partial charge in [0, 0.05) is 31.7 Å². The Labute approximate surface area is 153 Å². The lowest BCUT2D eigenvalue weighted by Gasteiger charge is -2.15. The van der Waals surface area contributed by atoms with Crippen molar-refractivity contribution in [3.63, 3.8) is 0 Å². The van der Waals surface area contributed by atoms with E-state index in [4.69, 9.17) is 8.22 Å². The Bertz CT molecular complexity index is 1220. The molecule has 6 heteroatoms. The highest BCUT2D eigenvalue weighted by molar-refractivity contribution is 5.71. The molecule has 1 N–H and O–H groups in total. The molecule has 3 aromatic heterocycles. The van der Waals surface area contributed by atoms with Gasteiger partial charge in [-0.15, -0.1) is 0 Å². The minimum atomic E-state index is -3.25. The zero-order valence-corrected chi connectivity index (χ0v) is 13.0. The van der Waals surface area contributed by atoms with Crippen molar-refractivity contribution in [1.82, 2.24) is 24.6 Å². The summed E-state index contributed by atoms with van der Waals surface area (Å²) in [6.45, 7) is -6.50. The SMILES string of the molecule is [2H]C([2H])([2H])C(O)(c1cnn2c(-c3cccc(-c4cccnc4)c3)cnc2n1)C([2H])([2H])[2H]. The first-order valence-corrected chi connectivity index (χ1v) is 7.47. The zero-order valence-electron chi connectivity index (χ0n) is 19.0. The van der Waals surface area contributed by atoms with Gasteiger partial charge in [-0.05, 0) is 31.4 Å². The lowest BCUT2D eigenvalue weighted by Crippen LogP contribution is -2.19. The summed E-state index contributed by atoms with van der Waals surface area (Å²) in [6.07, 6.45) is 5.86. The van der Waals surface area contributed by atoms with Gasteiger partial charge in [0.25, 0.3) is 5.78 Å². The first-order valence-electron chi connectivity index (χ1n) is 10.5. The molecule has 4 rings (SSSR count). The second kappa shape index (κ2) is 5.75. The van der Waals surface area contributed by atoms with Gasteiger partial charge in [0.2, 0.25) is 0 Å². The number of aliphatic hydroxyl groups is 1. The zero-order chi connectivity index (χ0) is 22.4. The summed E-state index contributed by atoms with van der Waals surface area (Å²) in [7, 11) is 0. The Kier molecular flexibility index (Phi) is 2.30. The van der Waals surface area contributed by atoms with Crippen LogP contribution in [-0.4, -0.2) is 29.7 Å². The third-order valence-electron chi connectivity index (χ3n) is 3.76. The molecule has 6 nitrogen and oxygen atoms in total. The van der Waals surface area contributed by atoms with Gasteiger partial charge >= 0.3 is 0 Å². The Morgan fingerprint density at radius 1 is 1.04 bits per heavy atom. The molecule has 0 aliphatic rings. The van der Waals surface area contributed by atoms with Crippen LogP contribution in [0.4, 0.5) is 0 Å². The average Bonchev–Trinajstić information content (AvgIpc) is 3.15. The lowest BCUT2D eigenvalue weighted by molar-refractivity contribution is 0.0734. The molecule has 0 spiro atoms. The summed E-state index contributed by atoms with van der Waals surface area (Å²) in [5.74, 6) is -0.0359. The summed E-state index contributed by atoms with van der Waals surface area (Å²) in [5.41, 5.74) is -0.609. The smallest absolute Gasteiger partial charge is 0.251 e. The standard InChI is InChI=1S/C19H17N5O/c1-19(2,25)17-12-22-24-16(11-21-18(24)23-17)14-6-3-5-13(9-14)15-7-4-8-20-10-15/h3-12,25H,1-2H3/i1D3,2D3. The molecule has 4 aromatic rings. The predicted molar refractivity (Wildman–Crippen MR) is 94.7 cm³/mol. The quantitative estimate of drug-likeness (QED) is 0.622. The molecule has 0 saturated heterocycles. The first kappa shape index (κ1) is 10.0. The minimum absolute atomic E-state index is 0.0359. The molecule has 0 fully saturated rings. The van der Waals surface area contributed by atoms with E-state index in [2.05, 4.69) is 20.1 Å². The van der Waals surface area contributed by atoms with Crippen molar-refractivity contribution in [1.29, 1.82) is 0 Å². The summed E-state index contributed by atoms with van der Waals surface area (Å²) in [5, 5.41) is 14.8. The fourth-order valence-electron chi connectivity index (χ4n) is 2.54. The van der Waals surface area contributed by atoms with Crippen LogP contribution >= 0.6 is 0 Å².